The normalized spacial score (nSPS) is 15.9. The van der Waals surface area contributed by atoms with Gasteiger partial charge in [0.1, 0.15) is 5.76 Å². The lowest BCUT2D eigenvalue weighted by Crippen LogP contribution is -2.29. The second-order valence-corrected chi connectivity index (χ2v) is 13.1. The lowest BCUT2D eigenvalue weighted by Gasteiger charge is -2.23. The van der Waals surface area contributed by atoms with Gasteiger partial charge in [0.05, 0.1) is 24.8 Å². The summed E-state index contributed by atoms with van der Waals surface area (Å²) >= 11 is 8.69. The van der Waals surface area contributed by atoms with Gasteiger partial charge >= 0.3 is 5.91 Å². The maximum Gasteiger partial charge on any atom is 0.301 e. The highest BCUT2D eigenvalue weighted by Gasteiger charge is 2.48. The first kappa shape index (κ1) is 32.5. The van der Waals surface area contributed by atoms with Crippen LogP contribution in [0.3, 0.4) is 0 Å². The van der Waals surface area contributed by atoms with Gasteiger partial charge in [-0.3, -0.25) is 14.5 Å². The number of rotatable bonds is 13. The monoisotopic (exact) mass is 663 g/mol. The van der Waals surface area contributed by atoms with Crippen LogP contribution in [0.4, 0.5) is 5.13 Å². The molecule has 45 heavy (non-hydrogen) atoms. The number of nitrogens with zero attached hydrogens (tertiary/aromatic N) is 3. The van der Waals surface area contributed by atoms with Crippen LogP contribution in [0.2, 0.25) is 5.02 Å². The Morgan fingerprint density at radius 1 is 0.978 bits per heavy atom. The second-order valence-electron chi connectivity index (χ2n) is 10.5. The number of aryl methyl sites for hydroxylation is 1. The van der Waals surface area contributed by atoms with Gasteiger partial charge in [-0.05, 0) is 55.7 Å². The van der Waals surface area contributed by atoms with E-state index >= 15 is 0 Å². The third kappa shape index (κ3) is 7.52. The summed E-state index contributed by atoms with van der Waals surface area (Å²) in [7, 11) is 0. The number of ketones is 1. The number of unbranched alkanes of at least 4 members (excludes halogenated alkanes) is 2. The van der Waals surface area contributed by atoms with Gasteiger partial charge in [-0.15, -0.1) is 10.2 Å². The van der Waals surface area contributed by atoms with Crippen LogP contribution in [0.15, 0.2) is 76.6 Å². The van der Waals surface area contributed by atoms with Crippen LogP contribution in [0.5, 0.6) is 11.5 Å². The molecule has 3 aromatic carbocycles. The number of Topliss-reactive ketones (excluding diaryl/α,β-unsaturated/α-hetero) is 1. The van der Waals surface area contributed by atoms with Gasteiger partial charge in [0.15, 0.2) is 15.8 Å². The molecule has 1 fully saturated rings. The van der Waals surface area contributed by atoms with Gasteiger partial charge in [0.2, 0.25) is 5.13 Å². The molecule has 0 bridgehead atoms. The predicted octanol–water partition coefficient (Wildman–Crippen LogP) is 8.39. The SMILES string of the molecule is CCCCCOc1ccc(C2/C(=C(\O)c3ccc(C)cc3)C(=O)C(=O)N2c2nnc(SCc3ccc(Cl)cc3)s2)cc1OCC. The van der Waals surface area contributed by atoms with E-state index < -0.39 is 17.7 Å². The maximum absolute atomic E-state index is 13.7. The van der Waals surface area contributed by atoms with Crippen molar-refractivity contribution in [1.82, 2.24) is 10.2 Å². The van der Waals surface area contributed by atoms with Crippen molar-refractivity contribution >= 4 is 57.3 Å². The molecule has 2 heterocycles. The highest BCUT2D eigenvalue weighted by molar-refractivity contribution is 8.00. The van der Waals surface area contributed by atoms with Crippen LogP contribution in [0, 0.1) is 6.92 Å². The fourth-order valence-corrected chi connectivity index (χ4v) is 6.86. The molecule has 1 aliphatic heterocycles. The minimum absolute atomic E-state index is 0.0338. The van der Waals surface area contributed by atoms with Crippen molar-refractivity contribution in [3.05, 3.63) is 99.6 Å². The van der Waals surface area contributed by atoms with Gasteiger partial charge in [-0.1, -0.05) is 102 Å². The van der Waals surface area contributed by atoms with Gasteiger partial charge in [-0.2, -0.15) is 0 Å². The van der Waals surface area contributed by atoms with Crippen LogP contribution in [0.1, 0.15) is 61.4 Å². The Balaban J connectivity index is 1.54. The smallest absolute Gasteiger partial charge is 0.301 e. The van der Waals surface area contributed by atoms with Crippen molar-refractivity contribution in [1.29, 1.82) is 0 Å². The molecule has 0 radical (unpaired) electrons. The van der Waals surface area contributed by atoms with E-state index in [1.807, 2.05) is 50.2 Å². The van der Waals surface area contributed by atoms with Crippen LogP contribution >= 0.6 is 34.7 Å². The van der Waals surface area contributed by atoms with Crippen molar-refractivity contribution in [2.45, 2.75) is 56.2 Å². The number of hydrogen-bond acceptors (Lipinski definition) is 9. The number of carbonyl (C=O) groups excluding carboxylic acids is 2. The Morgan fingerprint density at radius 2 is 1.73 bits per heavy atom. The first-order valence-electron chi connectivity index (χ1n) is 14.8. The van der Waals surface area contributed by atoms with Crippen molar-refractivity contribution in [2.75, 3.05) is 18.1 Å². The number of amides is 1. The molecule has 1 saturated heterocycles. The average molecular weight is 664 g/mol. The fraction of sp³-hybridized carbons (Fsp3) is 0.294. The number of aromatic nitrogens is 2. The number of aliphatic hydroxyl groups excluding tert-OH is 1. The van der Waals surface area contributed by atoms with Crippen LogP contribution in [-0.4, -0.2) is 40.2 Å². The highest BCUT2D eigenvalue weighted by atomic mass is 35.5. The van der Waals surface area contributed by atoms with Gasteiger partial charge in [-0.25, -0.2) is 0 Å². The van der Waals surface area contributed by atoms with E-state index in [1.54, 1.807) is 30.3 Å². The Hall–Kier alpha value is -3.86. The number of thioether (sulfide) groups is 1. The summed E-state index contributed by atoms with van der Waals surface area (Å²) in [6.07, 6.45) is 3.04. The number of hydrogen-bond donors (Lipinski definition) is 1. The number of ether oxygens (including phenoxy) is 2. The van der Waals surface area contributed by atoms with Crippen LogP contribution in [0.25, 0.3) is 5.76 Å². The van der Waals surface area contributed by atoms with Crippen molar-refractivity contribution in [3.8, 4) is 11.5 Å². The summed E-state index contributed by atoms with van der Waals surface area (Å²) in [4.78, 5) is 28.7. The summed E-state index contributed by atoms with van der Waals surface area (Å²) in [6, 6.07) is 19.0. The zero-order valence-electron chi connectivity index (χ0n) is 25.3. The summed E-state index contributed by atoms with van der Waals surface area (Å²) in [6.45, 7) is 6.87. The van der Waals surface area contributed by atoms with E-state index in [-0.39, 0.29) is 16.5 Å². The Bertz CT molecular complexity index is 1690. The standard InChI is InChI=1S/C34H34ClN3O5S2/c1-4-6-7-18-43-26-17-14-24(19-27(26)42-5-2)29-28(30(39)23-12-8-21(3)9-13-23)31(40)32(41)38(29)33-36-37-34(45-33)44-20-22-10-15-25(35)16-11-22/h8-17,19,29,39H,4-7,18,20H2,1-3H3/b30-28+. The molecule has 11 heteroatoms. The average Bonchev–Trinajstić information content (AvgIpc) is 3.61. The van der Waals surface area contributed by atoms with Crippen molar-refractivity contribution < 1.29 is 24.2 Å². The lowest BCUT2D eigenvalue weighted by atomic mass is 9.95. The number of benzene rings is 3. The molecule has 1 atom stereocenters. The van der Waals surface area contributed by atoms with Gasteiger partial charge in [0.25, 0.3) is 5.78 Å². The summed E-state index contributed by atoms with van der Waals surface area (Å²) in [5.41, 5.74) is 3.02. The first-order chi connectivity index (χ1) is 21.8. The molecule has 1 N–H and O–H groups in total. The Kier molecular flexibility index (Phi) is 10.8. The Labute approximate surface area is 276 Å². The summed E-state index contributed by atoms with van der Waals surface area (Å²) in [5, 5.41) is 21.0. The van der Waals surface area contributed by atoms with E-state index in [0.717, 1.165) is 30.4 Å². The molecule has 234 valence electrons. The molecule has 1 aliphatic rings. The molecule has 8 nitrogen and oxygen atoms in total. The van der Waals surface area contributed by atoms with E-state index in [4.69, 9.17) is 21.1 Å². The minimum Gasteiger partial charge on any atom is -0.507 e. The van der Waals surface area contributed by atoms with Gasteiger partial charge < -0.3 is 14.6 Å². The number of aliphatic hydroxyl groups is 1. The van der Waals surface area contributed by atoms with Crippen LogP contribution in [-0.2, 0) is 15.3 Å². The van der Waals surface area contributed by atoms with E-state index in [0.29, 0.717) is 51.0 Å². The third-order valence-corrected chi connectivity index (χ3v) is 9.61. The van der Waals surface area contributed by atoms with Crippen LogP contribution < -0.4 is 14.4 Å². The largest absolute Gasteiger partial charge is 0.507 e. The van der Waals surface area contributed by atoms with Crippen molar-refractivity contribution in [2.24, 2.45) is 0 Å². The van der Waals surface area contributed by atoms with E-state index in [2.05, 4.69) is 17.1 Å². The number of anilines is 1. The summed E-state index contributed by atoms with van der Waals surface area (Å²) < 4.78 is 12.6. The molecule has 0 saturated carbocycles. The second kappa shape index (κ2) is 14.9. The first-order valence-corrected chi connectivity index (χ1v) is 17.0. The van der Waals surface area contributed by atoms with E-state index in [9.17, 15) is 14.7 Å². The molecule has 5 rings (SSSR count). The number of halogens is 1. The molecular weight excluding hydrogens is 630 g/mol. The topological polar surface area (TPSA) is 102 Å². The summed E-state index contributed by atoms with van der Waals surface area (Å²) in [5.74, 6) is -0.175. The Morgan fingerprint density at radius 3 is 2.44 bits per heavy atom. The predicted molar refractivity (Wildman–Crippen MR) is 180 cm³/mol. The zero-order chi connectivity index (χ0) is 31.9. The van der Waals surface area contributed by atoms with E-state index in [1.165, 1.54) is 28.0 Å². The third-order valence-electron chi connectivity index (χ3n) is 7.24. The molecule has 1 amide bonds. The zero-order valence-corrected chi connectivity index (χ0v) is 27.7. The molecule has 1 unspecified atom stereocenters. The number of carbonyl (C=O) groups is 2. The molecular formula is C34H34ClN3O5S2. The molecule has 4 aromatic rings. The highest BCUT2D eigenvalue weighted by Crippen LogP contribution is 2.45. The van der Waals surface area contributed by atoms with Gasteiger partial charge in [0, 0.05) is 16.3 Å². The van der Waals surface area contributed by atoms with Crippen molar-refractivity contribution in [3.63, 3.8) is 0 Å². The quantitative estimate of drug-likeness (QED) is 0.0380. The minimum atomic E-state index is -0.971. The fourth-order valence-electron chi connectivity index (χ4n) is 4.91. The lowest BCUT2D eigenvalue weighted by molar-refractivity contribution is -0.132. The molecule has 0 spiro atoms. The molecule has 0 aliphatic carbocycles. The maximum atomic E-state index is 13.7. The molecule has 1 aromatic heterocycles.